The number of nitrogens with zero attached hydrogens (tertiary/aromatic N) is 3. The molecule has 10 rings (SSSR count). The molecule has 0 atom stereocenters. The maximum Gasteiger partial charge on any atom is 0.164 e. The summed E-state index contributed by atoms with van der Waals surface area (Å²) < 4.78 is 6.49. The number of ether oxygens (including phenoxy) is 1. The topological polar surface area (TPSA) is 47.9 Å². The Balaban J connectivity index is 1.25. The highest BCUT2D eigenvalue weighted by Crippen LogP contribution is 2.49. The minimum atomic E-state index is -0.132. The van der Waals surface area contributed by atoms with E-state index >= 15 is 0 Å². The van der Waals surface area contributed by atoms with Crippen LogP contribution in [0.25, 0.3) is 67.5 Å². The van der Waals surface area contributed by atoms with Gasteiger partial charge >= 0.3 is 0 Å². The van der Waals surface area contributed by atoms with Crippen molar-refractivity contribution in [1.82, 2.24) is 15.0 Å². The Bertz CT molecular complexity index is 2660. The maximum absolute atomic E-state index is 6.49. The van der Waals surface area contributed by atoms with Crippen LogP contribution in [0.15, 0.2) is 206 Å². The quantitative estimate of drug-likeness (QED) is 0.165. The molecule has 8 aromatic carbocycles. The summed E-state index contributed by atoms with van der Waals surface area (Å²) in [6.45, 7) is 0. The molecule has 0 amide bonds. The van der Waals surface area contributed by atoms with Crippen molar-refractivity contribution in [2.45, 2.75) is 5.92 Å². The second kappa shape index (κ2) is 14.4. The molecule has 2 heterocycles. The third kappa shape index (κ3) is 6.33. The van der Waals surface area contributed by atoms with Crippen molar-refractivity contribution in [3.05, 3.63) is 223 Å². The van der Waals surface area contributed by atoms with E-state index in [-0.39, 0.29) is 5.92 Å². The van der Waals surface area contributed by atoms with Crippen molar-refractivity contribution in [1.29, 1.82) is 0 Å². The minimum absolute atomic E-state index is 0.132. The molecule has 0 saturated heterocycles. The largest absolute Gasteiger partial charge is 0.457 e. The van der Waals surface area contributed by atoms with E-state index < -0.39 is 0 Å². The lowest BCUT2D eigenvalue weighted by molar-refractivity contribution is 0.453. The normalized spacial score (nSPS) is 12.0. The van der Waals surface area contributed by atoms with Gasteiger partial charge in [-0.15, -0.1) is 0 Å². The molecule has 0 radical (unpaired) electrons. The molecule has 4 heteroatoms. The van der Waals surface area contributed by atoms with E-state index in [4.69, 9.17) is 19.7 Å². The number of rotatable bonds is 7. The van der Waals surface area contributed by atoms with Crippen molar-refractivity contribution >= 4 is 0 Å². The van der Waals surface area contributed by atoms with Crippen molar-refractivity contribution in [3.8, 4) is 79.0 Å². The summed E-state index contributed by atoms with van der Waals surface area (Å²) in [6.07, 6.45) is 0. The molecule has 1 aromatic heterocycles. The van der Waals surface area contributed by atoms with Gasteiger partial charge in [0.15, 0.2) is 17.5 Å². The SMILES string of the molecule is c1ccc(-c2cc(-c3ccccc3)cc(-c3ccc(C4c5ccccc5Oc5ccccc54)c(-c4nc(-c5ccccc5)nc(-c5ccccc5)n4)c3)c2)cc1. The first kappa shape index (κ1) is 33.2. The predicted molar refractivity (Wildman–Crippen MR) is 226 cm³/mol. The Hall–Kier alpha value is -7.43. The summed E-state index contributed by atoms with van der Waals surface area (Å²) in [5.74, 6) is 3.41. The fraction of sp³-hybridized carbons (Fsp3) is 0.0192. The predicted octanol–water partition coefficient (Wildman–Crippen LogP) is 13.2. The van der Waals surface area contributed by atoms with E-state index in [2.05, 4.69) is 158 Å². The Morgan fingerprint density at radius 3 is 1.16 bits per heavy atom. The molecule has 0 N–H and O–H groups in total. The van der Waals surface area contributed by atoms with Gasteiger partial charge < -0.3 is 4.74 Å². The zero-order chi connectivity index (χ0) is 37.3. The van der Waals surface area contributed by atoms with Gasteiger partial charge in [-0.05, 0) is 75.3 Å². The van der Waals surface area contributed by atoms with Crippen LogP contribution in [0.3, 0.4) is 0 Å². The lowest BCUT2D eigenvalue weighted by atomic mass is 9.79. The maximum atomic E-state index is 6.49. The number of para-hydroxylation sites is 2. The van der Waals surface area contributed by atoms with Crippen LogP contribution in [-0.4, -0.2) is 15.0 Å². The molecule has 9 aromatic rings. The van der Waals surface area contributed by atoms with Crippen molar-refractivity contribution < 1.29 is 4.74 Å². The molecular formula is C52H35N3O. The molecule has 1 aliphatic rings. The fourth-order valence-electron chi connectivity index (χ4n) is 7.74. The average molecular weight is 718 g/mol. The first-order valence-electron chi connectivity index (χ1n) is 18.9. The molecule has 0 spiro atoms. The van der Waals surface area contributed by atoms with E-state index in [9.17, 15) is 0 Å². The smallest absolute Gasteiger partial charge is 0.164 e. The minimum Gasteiger partial charge on any atom is -0.457 e. The highest BCUT2D eigenvalue weighted by Gasteiger charge is 2.31. The van der Waals surface area contributed by atoms with Crippen LogP contribution in [0.2, 0.25) is 0 Å². The second-order valence-corrected chi connectivity index (χ2v) is 14.0. The first-order chi connectivity index (χ1) is 27.7. The number of fused-ring (bicyclic) bond motifs is 2. The zero-order valence-corrected chi connectivity index (χ0v) is 30.5. The van der Waals surface area contributed by atoms with E-state index in [1.54, 1.807) is 0 Å². The van der Waals surface area contributed by atoms with Gasteiger partial charge in [0.1, 0.15) is 11.5 Å². The molecule has 0 unspecified atom stereocenters. The van der Waals surface area contributed by atoms with Gasteiger partial charge in [0.2, 0.25) is 0 Å². The number of hydrogen-bond donors (Lipinski definition) is 0. The average Bonchev–Trinajstić information content (AvgIpc) is 3.29. The summed E-state index contributed by atoms with van der Waals surface area (Å²) in [6, 6.07) is 71.8. The van der Waals surface area contributed by atoms with Gasteiger partial charge in [0.05, 0.1) is 0 Å². The summed E-state index contributed by atoms with van der Waals surface area (Å²) >= 11 is 0. The molecular weight excluding hydrogens is 683 g/mol. The van der Waals surface area contributed by atoms with Crippen LogP contribution in [0, 0.1) is 0 Å². The van der Waals surface area contributed by atoms with E-state index in [0.29, 0.717) is 17.5 Å². The third-order valence-electron chi connectivity index (χ3n) is 10.5. The molecule has 0 saturated carbocycles. The van der Waals surface area contributed by atoms with Gasteiger partial charge in [0.25, 0.3) is 0 Å². The molecule has 0 fully saturated rings. The van der Waals surface area contributed by atoms with Crippen molar-refractivity contribution in [3.63, 3.8) is 0 Å². The van der Waals surface area contributed by atoms with Gasteiger partial charge in [0, 0.05) is 33.7 Å². The number of aromatic nitrogens is 3. The highest BCUT2D eigenvalue weighted by molar-refractivity contribution is 5.84. The zero-order valence-electron chi connectivity index (χ0n) is 30.5. The number of hydrogen-bond acceptors (Lipinski definition) is 4. The second-order valence-electron chi connectivity index (χ2n) is 14.0. The third-order valence-corrected chi connectivity index (χ3v) is 10.5. The Morgan fingerprint density at radius 1 is 0.286 bits per heavy atom. The molecule has 4 nitrogen and oxygen atoms in total. The van der Waals surface area contributed by atoms with Crippen LogP contribution >= 0.6 is 0 Å². The van der Waals surface area contributed by atoms with E-state index in [1.165, 1.54) is 0 Å². The summed E-state index contributed by atoms with van der Waals surface area (Å²) in [5.41, 5.74) is 12.9. The van der Waals surface area contributed by atoms with E-state index in [1.807, 2.05) is 48.5 Å². The van der Waals surface area contributed by atoms with Crippen molar-refractivity contribution in [2.75, 3.05) is 0 Å². The molecule has 0 bridgehead atoms. The summed E-state index contributed by atoms with van der Waals surface area (Å²) in [4.78, 5) is 15.6. The van der Waals surface area contributed by atoms with Gasteiger partial charge in [-0.3, -0.25) is 0 Å². The van der Waals surface area contributed by atoms with Crippen LogP contribution in [-0.2, 0) is 0 Å². The molecule has 264 valence electrons. The summed E-state index contributed by atoms with van der Waals surface area (Å²) in [7, 11) is 0. The molecule has 0 aliphatic carbocycles. The van der Waals surface area contributed by atoms with Crippen molar-refractivity contribution in [2.24, 2.45) is 0 Å². The number of benzene rings is 8. The monoisotopic (exact) mass is 717 g/mol. The van der Waals surface area contributed by atoms with Gasteiger partial charge in [-0.2, -0.15) is 0 Å². The lowest BCUT2D eigenvalue weighted by Crippen LogP contribution is -2.13. The Labute approximate surface area is 326 Å². The molecule has 56 heavy (non-hydrogen) atoms. The lowest BCUT2D eigenvalue weighted by Gasteiger charge is -2.30. The standard InChI is InChI=1S/C52H35N3O/c1-5-17-35(18-6-1)40-31-41(36-19-7-2-8-20-36)33-42(32-40)39-29-30-43(49-44-25-13-15-27-47(44)56-48-28-16-14-26-45(48)49)46(34-39)52-54-50(37-21-9-3-10-22-37)53-51(55-52)38-23-11-4-12-24-38/h1-34,49H. The molecule has 1 aliphatic heterocycles. The highest BCUT2D eigenvalue weighted by atomic mass is 16.5. The van der Waals surface area contributed by atoms with Gasteiger partial charge in [-0.25, -0.2) is 15.0 Å². The fourth-order valence-corrected chi connectivity index (χ4v) is 7.74. The Kier molecular flexibility index (Phi) is 8.54. The van der Waals surface area contributed by atoms with Crippen LogP contribution < -0.4 is 4.74 Å². The van der Waals surface area contributed by atoms with Crippen LogP contribution in [0.5, 0.6) is 11.5 Å². The van der Waals surface area contributed by atoms with Gasteiger partial charge in [-0.1, -0.05) is 170 Å². The Morgan fingerprint density at radius 2 is 0.679 bits per heavy atom. The summed E-state index contributed by atoms with van der Waals surface area (Å²) in [5, 5.41) is 0. The van der Waals surface area contributed by atoms with Crippen LogP contribution in [0.4, 0.5) is 0 Å². The van der Waals surface area contributed by atoms with Crippen LogP contribution in [0.1, 0.15) is 22.6 Å². The van der Waals surface area contributed by atoms with E-state index in [0.717, 1.165) is 78.3 Å². The first-order valence-corrected chi connectivity index (χ1v) is 18.9.